The van der Waals surface area contributed by atoms with Gasteiger partial charge < -0.3 is 10.4 Å². The first-order valence-electron chi connectivity index (χ1n) is 7.71. The molecule has 25 heavy (non-hydrogen) atoms. The van der Waals surface area contributed by atoms with E-state index in [2.05, 4.69) is 5.32 Å². The highest BCUT2D eigenvalue weighted by atomic mass is 32.2. The van der Waals surface area contributed by atoms with E-state index < -0.39 is 17.9 Å². The number of carboxylic acids is 1. The summed E-state index contributed by atoms with van der Waals surface area (Å²) in [7, 11) is 0. The number of benzene rings is 1. The Balaban J connectivity index is 2.74. The normalized spacial score (nSPS) is 13.0. The van der Waals surface area contributed by atoms with Crippen LogP contribution in [0, 0.1) is 5.92 Å². The summed E-state index contributed by atoms with van der Waals surface area (Å²) in [5.74, 6) is -1.17. The summed E-state index contributed by atoms with van der Waals surface area (Å²) in [6, 6.07) is 8.59. The number of rotatable bonds is 11. The number of hydrogen-bond acceptors (Lipinski definition) is 6. The van der Waals surface area contributed by atoms with Crippen molar-refractivity contribution in [3.63, 3.8) is 0 Å². The van der Waals surface area contributed by atoms with Crippen LogP contribution in [0.25, 0.3) is 0 Å². The molecule has 0 heterocycles. The first kappa shape index (κ1) is 21.9. The molecule has 1 amide bonds. The summed E-state index contributed by atoms with van der Waals surface area (Å²) in [6.45, 7) is 1.46. The van der Waals surface area contributed by atoms with Gasteiger partial charge in [-0.1, -0.05) is 42.1 Å². The lowest BCUT2D eigenvalue weighted by Gasteiger charge is -2.20. The summed E-state index contributed by atoms with van der Waals surface area (Å²) in [6.07, 6.45) is 2.41. The second-order valence-corrected chi connectivity index (χ2v) is 8.82. The van der Waals surface area contributed by atoms with E-state index >= 15 is 0 Å². The lowest BCUT2D eigenvalue weighted by atomic mass is 10.00. The Labute approximate surface area is 161 Å². The smallest absolute Gasteiger partial charge is 0.327 e. The van der Waals surface area contributed by atoms with Crippen LogP contribution in [-0.4, -0.2) is 51.0 Å². The maximum atomic E-state index is 12.6. The van der Waals surface area contributed by atoms with Gasteiger partial charge >= 0.3 is 5.97 Å². The molecule has 1 rings (SSSR count). The Morgan fingerprint density at radius 3 is 2.40 bits per heavy atom. The topological polar surface area (TPSA) is 83.5 Å². The van der Waals surface area contributed by atoms with Crippen LogP contribution in [0.15, 0.2) is 30.3 Å². The number of amides is 1. The molecule has 5 nitrogen and oxygen atoms in total. The average Bonchev–Trinajstić information content (AvgIpc) is 2.58. The Hall–Kier alpha value is -1.12. The summed E-state index contributed by atoms with van der Waals surface area (Å²) in [4.78, 5) is 35.2. The van der Waals surface area contributed by atoms with Crippen LogP contribution >= 0.6 is 35.3 Å². The summed E-state index contributed by atoms with van der Waals surface area (Å²) < 4.78 is 0. The number of aliphatic carboxylic acids is 1. The van der Waals surface area contributed by atoms with Gasteiger partial charge in [-0.2, -0.15) is 11.8 Å². The average molecular weight is 402 g/mol. The highest BCUT2D eigenvalue weighted by Crippen LogP contribution is 2.17. The minimum absolute atomic E-state index is 0.0591. The first-order valence-corrected chi connectivity index (χ1v) is 11.2. The van der Waals surface area contributed by atoms with E-state index in [0.29, 0.717) is 17.9 Å². The summed E-state index contributed by atoms with van der Waals surface area (Å²) in [5, 5.41) is 12.7. The van der Waals surface area contributed by atoms with Crippen LogP contribution in [0.4, 0.5) is 0 Å². The Morgan fingerprint density at radius 1 is 1.16 bits per heavy atom. The minimum Gasteiger partial charge on any atom is -0.480 e. The highest BCUT2D eigenvalue weighted by Gasteiger charge is 2.26. The Kier molecular flexibility index (Phi) is 10.8. The van der Waals surface area contributed by atoms with Crippen molar-refractivity contribution in [2.75, 3.05) is 22.8 Å². The molecule has 0 aliphatic heterocycles. The van der Waals surface area contributed by atoms with Crippen LogP contribution in [0.5, 0.6) is 0 Å². The van der Waals surface area contributed by atoms with Crippen molar-refractivity contribution < 1.29 is 19.5 Å². The fourth-order valence-corrected chi connectivity index (χ4v) is 4.28. The molecule has 0 saturated heterocycles. The van der Waals surface area contributed by atoms with Gasteiger partial charge in [0.15, 0.2) is 5.12 Å². The molecule has 0 fully saturated rings. The highest BCUT2D eigenvalue weighted by molar-refractivity contribution is 8.15. The molecule has 0 aromatic heterocycles. The SMILES string of the molecule is CSCSC[C@H](NC(=O)[C@@H](CSC(C)=O)Cc1ccccc1)C(=O)O. The van der Waals surface area contributed by atoms with Crippen molar-refractivity contribution in [3.05, 3.63) is 35.9 Å². The van der Waals surface area contributed by atoms with Crippen molar-refractivity contribution >= 4 is 52.3 Å². The van der Waals surface area contributed by atoms with Gasteiger partial charge in [-0.25, -0.2) is 4.79 Å². The first-order chi connectivity index (χ1) is 11.9. The number of carbonyl (C=O) groups is 3. The zero-order chi connectivity index (χ0) is 18.7. The number of carboxylic acid groups (broad SMARTS) is 1. The van der Waals surface area contributed by atoms with E-state index in [0.717, 1.165) is 22.4 Å². The monoisotopic (exact) mass is 401 g/mol. The van der Waals surface area contributed by atoms with Gasteiger partial charge in [-0.05, 0) is 18.2 Å². The van der Waals surface area contributed by atoms with Gasteiger partial charge in [0.05, 0.1) is 5.92 Å². The minimum atomic E-state index is -1.04. The van der Waals surface area contributed by atoms with Crippen molar-refractivity contribution in [1.82, 2.24) is 5.32 Å². The molecular formula is C17H23NO4S3. The van der Waals surface area contributed by atoms with Gasteiger partial charge in [0.25, 0.3) is 0 Å². The van der Waals surface area contributed by atoms with Gasteiger partial charge in [0.1, 0.15) is 6.04 Å². The quantitative estimate of drug-likeness (QED) is 0.436. The second-order valence-electron chi connectivity index (χ2n) is 5.37. The van der Waals surface area contributed by atoms with Gasteiger partial charge in [-0.15, -0.1) is 11.8 Å². The molecule has 0 aliphatic rings. The van der Waals surface area contributed by atoms with Crippen molar-refractivity contribution in [3.8, 4) is 0 Å². The number of carbonyl (C=O) groups excluding carboxylic acids is 2. The van der Waals surface area contributed by atoms with E-state index in [9.17, 15) is 19.5 Å². The van der Waals surface area contributed by atoms with E-state index in [4.69, 9.17) is 0 Å². The number of nitrogens with one attached hydrogen (secondary N) is 1. The third-order valence-corrected chi connectivity index (χ3v) is 6.44. The molecule has 0 radical (unpaired) electrons. The number of thioether (sulfide) groups is 3. The number of hydrogen-bond donors (Lipinski definition) is 2. The van der Waals surface area contributed by atoms with Crippen LogP contribution in [0.3, 0.4) is 0 Å². The van der Waals surface area contributed by atoms with Gasteiger partial charge in [0.2, 0.25) is 5.91 Å². The third kappa shape index (κ3) is 9.23. The molecule has 1 aromatic carbocycles. The molecule has 0 unspecified atom stereocenters. The van der Waals surface area contributed by atoms with E-state index in [1.54, 1.807) is 11.8 Å². The summed E-state index contributed by atoms with van der Waals surface area (Å²) in [5.41, 5.74) is 0.982. The lowest BCUT2D eigenvalue weighted by molar-refractivity contribution is -0.141. The molecule has 2 N–H and O–H groups in total. The predicted octanol–water partition coefficient (Wildman–Crippen LogP) is 2.75. The fourth-order valence-electron chi connectivity index (χ4n) is 2.06. The van der Waals surface area contributed by atoms with Crippen molar-refractivity contribution in [1.29, 1.82) is 0 Å². The molecule has 1 aromatic rings. The largest absolute Gasteiger partial charge is 0.480 e. The summed E-state index contributed by atoms with van der Waals surface area (Å²) >= 11 is 4.17. The molecule has 0 bridgehead atoms. The Bertz CT molecular complexity index is 568. The zero-order valence-corrected chi connectivity index (χ0v) is 16.7. The van der Waals surface area contributed by atoms with E-state index in [1.165, 1.54) is 18.7 Å². The van der Waals surface area contributed by atoms with Crippen molar-refractivity contribution in [2.24, 2.45) is 5.92 Å². The van der Waals surface area contributed by atoms with Crippen LogP contribution in [0.1, 0.15) is 12.5 Å². The molecule has 138 valence electrons. The van der Waals surface area contributed by atoms with E-state index in [-0.39, 0.29) is 11.0 Å². The van der Waals surface area contributed by atoms with Crippen LogP contribution in [-0.2, 0) is 20.8 Å². The molecule has 0 saturated carbocycles. The van der Waals surface area contributed by atoms with Gasteiger partial charge in [0, 0.05) is 23.5 Å². The fraction of sp³-hybridized carbons (Fsp3) is 0.471. The maximum absolute atomic E-state index is 12.6. The maximum Gasteiger partial charge on any atom is 0.327 e. The molecule has 2 atom stereocenters. The molecule has 8 heteroatoms. The zero-order valence-electron chi connectivity index (χ0n) is 14.3. The van der Waals surface area contributed by atoms with Crippen LogP contribution < -0.4 is 5.32 Å². The third-order valence-electron chi connectivity index (χ3n) is 3.28. The van der Waals surface area contributed by atoms with Crippen molar-refractivity contribution in [2.45, 2.75) is 19.4 Å². The van der Waals surface area contributed by atoms with Gasteiger partial charge in [-0.3, -0.25) is 9.59 Å². The van der Waals surface area contributed by atoms with Crippen LogP contribution in [0.2, 0.25) is 0 Å². The molecular weight excluding hydrogens is 378 g/mol. The second kappa shape index (κ2) is 12.3. The van der Waals surface area contributed by atoms with E-state index in [1.807, 2.05) is 36.6 Å². The predicted molar refractivity (Wildman–Crippen MR) is 107 cm³/mol. The molecule has 0 aliphatic carbocycles. The lowest BCUT2D eigenvalue weighted by Crippen LogP contribution is -2.46. The molecule has 0 spiro atoms. The standard InChI is InChI=1S/C17H23NO4S3/c1-12(19)25-9-14(8-13-6-4-3-5-7-13)16(20)18-15(17(21)22)10-24-11-23-2/h3-7,14-15H,8-11H2,1-2H3,(H,18,20)(H,21,22)/t14-,15+/m1/s1. The Morgan fingerprint density at radius 2 is 1.84 bits per heavy atom.